The average molecular weight is 351 g/mol. The van der Waals surface area contributed by atoms with E-state index >= 15 is 0 Å². The number of para-hydroxylation sites is 1. The van der Waals surface area contributed by atoms with Gasteiger partial charge in [-0.1, -0.05) is 31.0 Å². The molecule has 2 heterocycles. The van der Waals surface area contributed by atoms with Crippen LogP contribution in [0.25, 0.3) is 0 Å². The van der Waals surface area contributed by atoms with E-state index < -0.39 is 0 Å². The number of hydrogen-bond acceptors (Lipinski definition) is 3. The Labute approximate surface area is 154 Å². The average Bonchev–Trinajstić information content (AvgIpc) is 2.93. The quantitative estimate of drug-likeness (QED) is 0.910. The number of carbonyl (C=O) groups excluding carboxylic acids is 2. The van der Waals surface area contributed by atoms with Crippen molar-refractivity contribution in [3.8, 4) is 0 Å². The van der Waals surface area contributed by atoms with Gasteiger partial charge in [0.25, 0.3) is 11.8 Å². The highest BCUT2D eigenvalue weighted by Crippen LogP contribution is 2.20. The van der Waals surface area contributed by atoms with E-state index in [0.29, 0.717) is 11.3 Å². The lowest BCUT2D eigenvalue weighted by molar-refractivity contribution is 0.0755. The number of anilines is 1. The van der Waals surface area contributed by atoms with Gasteiger partial charge in [-0.05, 0) is 49.9 Å². The Morgan fingerprint density at radius 2 is 1.65 bits per heavy atom. The molecule has 0 aliphatic carbocycles. The summed E-state index contributed by atoms with van der Waals surface area (Å²) in [5.41, 5.74) is 3.61. The minimum Gasteiger partial charge on any atom is -0.337 e. The maximum Gasteiger partial charge on any atom is 0.272 e. The summed E-state index contributed by atoms with van der Waals surface area (Å²) in [6.07, 6.45) is 5.91. The fraction of sp³-hybridized carbons (Fsp3) is 0.381. The summed E-state index contributed by atoms with van der Waals surface area (Å²) in [6, 6.07) is 9.12. The van der Waals surface area contributed by atoms with E-state index in [1.54, 1.807) is 12.1 Å². The van der Waals surface area contributed by atoms with E-state index in [0.717, 1.165) is 55.6 Å². The largest absolute Gasteiger partial charge is 0.337 e. The van der Waals surface area contributed by atoms with Crippen LogP contribution in [0.2, 0.25) is 0 Å². The third-order valence-corrected chi connectivity index (χ3v) is 4.85. The summed E-state index contributed by atoms with van der Waals surface area (Å²) in [5, 5.41) is 2.96. The third-order valence-electron chi connectivity index (χ3n) is 4.85. The first kappa shape index (κ1) is 18.1. The second-order valence-electron chi connectivity index (χ2n) is 6.86. The highest BCUT2D eigenvalue weighted by molar-refractivity contribution is 6.06. The highest BCUT2D eigenvalue weighted by atomic mass is 16.2. The summed E-state index contributed by atoms with van der Waals surface area (Å²) in [4.78, 5) is 31.4. The van der Waals surface area contributed by atoms with Gasteiger partial charge in [-0.15, -0.1) is 0 Å². The molecule has 26 heavy (non-hydrogen) atoms. The third kappa shape index (κ3) is 4.10. The molecule has 2 amide bonds. The van der Waals surface area contributed by atoms with Crippen LogP contribution in [0.15, 0.2) is 36.5 Å². The van der Waals surface area contributed by atoms with Crippen LogP contribution in [-0.4, -0.2) is 34.8 Å². The number of benzene rings is 1. The number of pyridine rings is 1. The van der Waals surface area contributed by atoms with Crippen LogP contribution in [0.4, 0.5) is 5.69 Å². The van der Waals surface area contributed by atoms with Gasteiger partial charge >= 0.3 is 0 Å². The van der Waals surface area contributed by atoms with Gasteiger partial charge in [0.2, 0.25) is 0 Å². The second-order valence-corrected chi connectivity index (χ2v) is 6.86. The molecule has 136 valence electrons. The molecular formula is C21H25N3O2. The predicted octanol–water partition coefficient (Wildman–Crippen LogP) is 3.97. The zero-order valence-corrected chi connectivity index (χ0v) is 15.4. The first-order valence-electron chi connectivity index (χ1n) is 9.19. The Morgan fingerprint density at radius 1 is 1.00 bits per heavy atom. The number of nitrogens with zero attached hydrogens (tertiary/aromatic N) is 2. The van der Waals surface area contributed by atoms with Crippen molar-refractivity contribution in [1.29, 1.82) is 0 Å². The highest BCUT2D eigenvalue weighted by Gasteiger charge is 2.20. The molecule has 0 saturated carbocycles. The fourth-order valence-electron chi connectivity index (χ4n) is 3.32. The molecule has 1 aromatic heterocycles. The predicted molar refractivity (Wildman–Crippen MR) is 102 cm³/mol. The maximum absolute atomic E-state index is 12.7. The number of aryl methyl sites for hydroxylation is 2. The van der Waals surface area contributed by atoms with Gasteiger partial charge in [-0.2, -0.15) is 0 Å². The standard InChI is InChI=1S/C21H25N3O2/c1-15-8-7-9-16(2)19(15)23-20(25)17-10-11-22-18(14-17)21(26)24-12-5-3-4-6-13-24/h7-11,14H,3-6,12-13H2,1-2H3,(H,23,25). The van der Waals surface area contributed by atoms with Crippen LogP contribution >= 0.6 is 0 Å². The molecule has 1 fully saturated rings. The molecule has 1 saturated heterocycles. The van der Waals surface area contributed by atoms with Gasteiger partial charge in [-0.25, -0.2) is 0 Å². The number of carbonyl (C=O) groups is 2. The number of nitrogens with one attached hydrogen (secondary N) is 1. The van der Waals surface area contributed by atoms with E-state index in [4.69, 9.17) is 0 Å². The summed E-state index contributed by atoms with van der Waals surface area (Å²) >= 11 is 0. The molecule has 5 heteroatoms. The number of amides is 2. The molecule has 0 unspecified atom stereocenters. The van der Waals surface area contributed by atoms with E-state index in [2.05, 4.69) is 10.3 Å². The van der Waals surface area contributed by atoms with Crippen molar-refractivity contribution in [2.75, 3.05) is 18.4 Å². The van der Waals surface area contributed by atoms with E-state index in [1.165, 1.54) is 6.20 Å². The van der Waals surface area contributed by atoms with Gasteiger partial charge in [-0.3, -0.25) is 14.6 Å². The number of rotatable bonds is 3. The first-order chi connectivity index (χ1) is 12.6. The van der Waals surface area contributed by atoms with Crippen molar-refractivity contribution in [3.63, 3.8) is 0 Å². The molecule has 1 aliphatic heterocycles. The number of likely N-dealkylation sites (tertiary alicyclic amines) is 1. The van der Waals surface area contributed by atoms with Crippen LogP contribution in [0.1, 0.15) is 57.7 Å². The van der Waals surface area contributed by atoms with Crippen molar-refractivity contribution >= 4 is 17.5 Å². The van der Waals surface area contributed by atoms with Crippen LogP contribution in [0, 0.1) is 13.8 Å². The molecule has 0 bridgehead atoms. The van der Waals surface area contributed by atoms with Crippen LogP contribution in [0.5, 0.6) is 0 Å². The Hall–Kier alpha value is -2.69. The lowest BCUT2D eigenvalue weighted by atomic mass is 10.1. The van der Waals surface area contributed by atoms with Gasteiger partial charge in [0, 0.05) is 30.5 Å². The van der Waals surface area contributed by atoms with Crippen molar-refractivity contribution < 1.29 is 9.59 Å². The van der Waals surface area contributed by atoms with Crippen molar-refractivity contribution in [2.24, 2.45) is 0 Å². The molecule has 5 nitrogen and oxygen atoms in total. The molecule has 0 radical (unpaired) electrons. The van der Waals surface area contributed by atoms with E-state index in [-0.39, 0.29) is 11.8 Å². The minimum absolute atomic E-state index is 0.0892. The smallest absolute Gasteiger partial charge is 0.272 e. The lowest BCUT2D eigenvalue weighted by Gasteiger charge is -2.20. The number of aromatic nitrogens is 1. The maximum atomic E-state index is 12.7. The fourth-order valence-corrected chi connectivity index (χ4v) is 3.32. The zero-order valence-electron chi connectivity index (χ0n) is 15.4. The number of hydrogen-bond donors (Lipinski definition) is 1. The molecule has 2 aromatic rings. The monoisotopic (exact) mass is 351 g/mol. The van der Waals surface area contributed by atoms with Gasteiger partial charge < -0.3 is 10.2 Å². The summed E-state index contributed by atoms with van der Waals surface area (Å²) in [5.74, 6) is -0.316. The summed E-state index contributed by atoms with van der Waals surface area (Å²) in [7, 11) is 0. The second kappa shape index (κ2) is 8.13. The van der Waals surface area contributed by atoms with E-state index in [1.807, 2.05) is 36.9 Å². The van der Waals surface area contributed by atoms with Crippen molar-refractivity contribution in [3.05, 3.63) is 58.9 Å². The van der Waals surface area contributed by atoms with Crippen LogP contribution in [-0.2, 0) is 0 Å². The normalized spacial score (nSPS) is 14.6. The summed E-state index contributed by atoms with van der Waals surface area (Å²) < 4.78 is 0. The Balaban J connectivity index is 1.78. The molecule has 0 atom stereocenters. The molecule has 1 aliphatic rings. The summed E-state index contributed by atoms with van der Waals surface area (Å²) in [6.45, 7) is 5.45. The molecule has 1 N–H and O–H groups in total. The lowest BCUT2D eigenvalue weighted by Crippen LogP contribution is -2.32. The Kier molecular flexibility index (Phi) is 5.66. The van der Waals surface area contributed by atoms with Crippen LogP contribution < -0.4 is 5.32 Å². The molecule has 3 rings (SSSR count). The molecule has 1 aromatic carbocycles. The van der Waals surface area contributed by atoms with Gasteiger partial charge in [0.05, 0.1) is 0 Å². The van der Waals surface area contributed by atoms with Gasteiger partial charge in [0.1, 0.15) is 5.69 Å². The molecular weight excluding hydrogens is 326 g/mol. The Bertz CT molecular complexity index is 788. The van der Waals surface area contributed by atoms with E-state index in [9.17, 15) is 9.59 Å². The zero-order chi connectivity index (χ0) is 18.5. The SMILES string of the molecule is Cc1cccc(C)c1NC(=O)c1ccnc(C(=O)N2CCCCCC2)c1. The van der Waals surface area contributed by atoms with Crippen molar-refractivity contribution in [2.45, 2.75) is 39.5 Å². The topological polar surface area (TPSA) is 62.3 Å². The van der Waals surface area contributed by atoms with Crippen LogP contribution in [0.3, 0.4) is 0 Å². The Morgan fingerprint density at radius 3 is 2.31 bits per heavy atom. The first-order valence-corrected chi connectivity index (χ1v) is 9.19. The molecule has 0 spiro atoms. The van der Waals surface area contributed by atoms with Gasteiger partial charge in [0.15, 0.2) is 0 Å². The van der Waals surface area contributed by atoms with Crippen molar-refractivity contribution in [1.82, 2.24) is 9.88 Å². The minimum atomic E-state index is -0.227.